The van der Waals surface area contributed by atoms with Crippen LogP contribution in [0.5, 0.6) is 11.5 Å². The number of rotatable bonds is 10. The van der Waals surface area contributed by atoms with Crippen LogP contribution < -0.4 is 9.47 Å². The number of hydrogen-bond acceptors (Lipinski definition) is 6. The third-order valence-corrected chi connectivity index (χ3v) is 6.97. The van der Waals surface area contributed by atoms with Gasteiger partial charge in [-0.3, -0.25) is 0 Å². The molecule has 0 fully saturated rings. The van der Waals surface area contributed by atoms with E-state index < -0.39 is 24.1 Å². The first-order chi connectivity index (χ1) is 15.0. The summed E-state index contributed by atoms with van der Waals surface area (Å²) in [7, 11) is 0. The molecule has 1 aliphatic rings. The highest BCUT2D eigenvalue weighted by atomic mass is 16.6. The maximum absolute atomic E-state index is 12.9. The lowest BCUT2D eigenvalue weighted by atomic mass is 9.87. The van der Waals surface area contributed by atoms with E-state index in [0.29, 0.717) is 35.2 Å². The fourth-order valence-electron chi connectivity index (χ4n) is 3.59. The highest BCUT2D eigenvalue weighted by molar-refractivity contribution is 5.87. The van der Waals surface area contributed by atoms with Crippen LogP contribution in [0.3, 0.4) is 0 Å². The van der Waals surface area contributed by atoms with Crippen LogP contribution in [-0.2, 0) is 19.1 Å². The molecule has 0 amide bonds. The second kappa shape index (κ2) is 11.6. The van der Waals surface area contributed by atoms with E-state index >= 15 is 0 Å². The summed E-state index contributed by atoms with van der Waals surface area (Å²) in [6, 6.07) is 6.97. The molecule has 6 atom stereocenters. The first-order valence-electron chi connectivity index (χ1n) is 11.8. The minimum Gasteiger partial charge on any atom is -0.470 e. The Hall–Kier alpha value is -2.24. The first-order valence-corrected chi connectivity index (χ1v) is 11.8. The lowest BCUT2D eigenvalue weighted by Gasteiger charge is -2.32. The zero-order chi connectivity index (χ0) is 24.0. The van der Waals surface area contributed by atoms with E-state index in [1.807, 2.05) is 0 Å². The number of ether oxygens (including phenoxy) is 4. The largest absolute Gasteiger partial charge is 0.470 e. The van der Waals surface area contributed by atoms with Gasteiger partial charge in [0.15, 0.2) is 11.5 Å². The van der Waals surface area contributed by atoms with Crippen LogP contribution in [-0.4, -0.2) is 37.4 Å². The van der Waals surface area contributed by atoms with Gasteiger partial charge in [0.1, 0.15) is 0 Å². The topological polar surface area (TPSA) is 71.1 Å². The number of para-hydroxylation sites is 2. The van der Waals surface area contributed by atoms with Crippen molar-refractivity contribution in [3.05, 3.63) is 24.3 Å². The van der Waals surface area contributed by atoms with Crippen molar-refractivity contribution in [3.8, 4) is 11.5 Å². The second-order valence-electron chi connectivity index (χ2n) is 9.94. The van der Waals surface area contributed by atoms with Gasteiger partial charge in [0.05, 0.1) is 13.2 Å². The van der Waals surface area contributed by atoms with E-state index in [-0.39, 0.29) is 25.0 Å². The van der Waals surface area contributed by atoms with Crippen LogP contribution in [0.25, 0.3) is 0 Å². The van der Waals surface area contributed by atoms with Gasteiger partial charge in [-0.1, -0.05) is 67.5 Å². The van der Waals surface area contributed by atoms with Gasteiger partial charge in [-0.05, 0) is 47.6 Å². The van der Waals surface area contributed by atoms with Crippen LogP contribution >= 0.6 is 0 Å². The Morgan fingerprint density at radius 2 is 1.06 bits per heavy atom. The summed E-state index contributed by atoms with van der Waals surface area (Å²) in [5.74, 6) is 1.66. The number of fused-ring (bicyclic) bond motifs is 1. The van der Waals surface area contributed by atoms with Crippen molar-refractivity contribution in [2.24, 2.45) is 35.5 Å². The minimum absolute atomic E-state index is 0.180. The normalized spacial score (nSPS) is 21.6. The SMILES string of the molecule is CC(C)C(C)C(C)COC(=O)C1Oc2ccccc2OC1C(=O)OCC(C)C(C)C(C)C. The van der Waals surface area contributed by atoms with E-state index in [2.05, 4.69) is 55.4 Å². The molecule has 0 radical (unpaired) electrons. The number of hydrogen-bond donors (Lipinski definition) is 0. The molecule has 2 rings (SSSR count). The molecule has 0 saturated carbocycles. The Kier molecular flexibility index (Phi) is 9.41. The Labute approximate surface area is 193 Å². The number of benzene rings is 1. The van der Waals surface area contributed by atoms with Gasteiger partial charge in [0, 0.05) is 0 Å². The molecule has 1 heterocycles. The van der Waals surface area contributed by atoms with E-state index in [1.165, 1.54) is 0 Å². The summed E-state index contributed by atoms with van der Waals surface area (Å²) in [5.41, 5.74) is 0. The number of esters is 2. The summed E-state index contributed by atoms with van der Waals surface area (Å²) in [5, 5.41) is 0. The third kappa shape index (κ3) is 6.63. The molecule has 0 spiro atoms. The monoisotopic (exact) mass is 448 g/mol. The molecule has 6 nitrogen and oxygen atoms in total. The highest BCUT2D eigenvalue weighted by Crippen LogP contribution is 2.34. The predicted octanol–water partition coefficient (Wildman–Crippen LogP) is 5.14. The van der Waals surface area contributed by atoms with E-state index in [0.717, 1.165) is 0 Å². The predicted molar refractivity (Wildman–Crippen MR) is 124 cm³/mol. The molecule has 180 valence electrons. The molecule has 1 aromatic rings. The maximum Gasteiger partial charge on any atom is 0.351 e. The van der Waals surface area contributed by atoms with Crippen molar-refractivity contribution in [1.29, 1.82) is 0 Å². The summed E-state index contributed by atoms with van der Waals surface area (Å²) < 4.78 is 22.8. The molecule has 32 heavy (non-hydrogen) atoms. The van der Waals surface area contributed by atoms with Crippen LogP contribution in [0.1, 0.15) is 55.4 Å². The molecule has 1 aliphatic heterocycles. The van der Waals surface area contributed by atoms with Gasteiger partial charge < -0.3 is 18.9 Å². The number of carbonyl (C=O) groups excluding carboxylic acids is 2. The van der Waals surface area contributed by atoms with Crippen molar-refractivity contribution in [1.82, 2.24) is 0 Å². The lowest BCUT2D eigenvalue weighted by Crippen LogP contribution is -2.51. The van der Waals surface area contributed by atoms with Crippen molar-refractivity contribution in [3.63, 3.8) is 0 Å². The molecule has 0 N–H and O–H groups in total. The molecule has 1 aromatic carbocycles. The van der Waals surface area contributed by atoms with Gasteiger partial charge in [-0.25, -0.2) is 9.59 Å². The highest BCUT2D eigenvalue weighted by Gasteiger charge is 2.44. The molecular formula is C26H40O6. The summed E-state index contributed by atoms with van der Waals surface area (Å²) in [4.78, 5) is 25.8. The van der Waals surface area contributed by atoms with E-state index in [1.54, 1.807) is 24.3 Å². The van der Waals surface area contributed by atoms with Crippen LogP contribution in [0.2, 0.25) is 0 Å². The molecule has 0 aliphatic carbocycles. The summed E-state index contributed by atoms with van der Waals surface area (Å²) in [6.45, 7) is 17.5. The molecular weight excluding hydrogens is 408 g/mol. The Balaban J connectivity index is 2.09. The van der Waals surface area contributed by atoms with E-state index in [9.17, 15) is 9.59 Å². The first kappa shape index (κ1) is 26.0. The second-order valence-corrected chi connectivity index (χ2v) is 9.94. The molecule has 0 aromatic heterocycles. The van der Waals surface area contributed by atoms with Gasteiger partial charge in [-0.15, -0.1) is 0 Å². The van der Waals surface area contributed by atoms with Gasteiger partial charge >= 0.3 is 11.9 Å². The third-order valence-electron chi connectivity index (χ3n) is 6.97. The smallest absolute Gasteiger partial charge is 0.351 e. The quantitative estimate of drug-likeness (QED) is 0.462. The Morgan fingerprint density at radius 1 is 0.719 bits per heavy atom. The van der Waals surface area contributed by atoms with Crippen LogP contribution in [0, 0.1) is 35.5 Å². The van der Waals surface area contributed by atoms with Crippen molar-refractivity contribution in [2.45, 2.75) is 67.6 Å². The van der Waals surface area contributed by atoms with Crippen LogP contribution in [0.4, 0.5) is 0 Å². The number of carbonyl (C=O) groups is 2. The van der Waals surface area contributed by atoms with Crippen molar-refractivity contribution >= 4 is 11.9 Å². The Morgan fingerprint density at radius 3 is 1.38 bits per heavy atom. The van der Waals surface area contributed by atoms with Crippen molar-refractivity contribution in [2.75, 3.05) is 13.2 Å². The van der Waals surface area contributed by atoms with Gasteiger partial charge in [0.25, 0.3) is 0 Å². The minimum atomic E-state index is -1.21. The summed E-state index contributed by atoms with van der Waals surface area (Å²) in [6.07, 6.45) is -2.42. The molecule has 0 bridgehead atoms. The lowest BCUT2D eigenvalue weighted by molar-refractivity contribution is -0.173. The van der Waals surface area contributed by atoms with Crippen molar-refractivity contribution < 1.29 is 28.5 Å². The van der Waals surface area contributed by atoms with Crippen LogP contribution in [0.15, 0.2) is 24.3 Å². The zero-order valence-corrected chi connectivity index (χ0v) is 20.8. The van der Waals surface area contributed by atoms with Gasteiger partial charge in [0.2, 0.25) is 12.2 Å². The fourth-order valence-corrected chi connectivity index (χ4v) is 3.59. The summed E-state index contributed by atoms with van der Waals surface area (Å²) >= 11 is 0. The fraction of sp³-hybridized carbons (Fsp3) is 0.692. The maximum atomic E-state index is 12.9. The zero-order valence-electron chi connectivity index (χ0n) is 20.8. The molecule has 6 unspecified atom stereocenters. The molecule has 0 saturated heterocycles. The standard InChI is InChI=1S/C26H40O6/c1-15(2)19(7)17(5)13-29-25(27)23-24(32-22-12-10-9-11-21(22)31-23)26(28)30-14-18(6)20(8)16(3)4/h9-12,15-20,23-24H,13-14H2,1-8H3. The Bertz CT molecular complexity index is 695. The average molecular weight is 449 g/mol. The average Bonchev–Trinajstić information content (AvgIpc) is 2.78. The van der Waals surface area contributed by atoms with Gasteiger partial charge in [-0.2, -0.15) is 0 Å². The molecule has 6 heteroatoms. The van der Waals surface area contributed by atoms with E-state index in [4.69, 9.17) is 18.9 Å².